The summed E-state index contributed by atoms with van der Waals surface area (Å²) in [7, 11) is 0. The molecular formula is C21H26N2O. The lowest BCUT2D eigenvalue weighted by molar-refractivity contribution is -0.123. The quantitative estimate of drug-likeness (QED) is 0.830. The Balaban J connectivity index is 1.69. The van der Waals surface area contributed by atoms with Crippen molar-refractivity contribution in [3.8, 4) is 0 Å². The van der Waals surface area contributed by atoms with Gasteiger partial charge in [0.1, 0.15) is 0 Å². The summed E-state index contributed by atoms with van der Waals surface area (Å²) < 4.78 is 0. The summed E-state index contributed by atoms with van der Waals surface area (Å²) >= 11 is 0. The maximum atomic E-state index is 12.8. The first-order valence-electron chi connectivity index (χ1n) is 8.99. The van der Waals surface area contributed by atoms with Crippen molar-refractivity contribution < 1.29 is 4.79 Å². The minimum atomic E-state index is -0.149. The number of benzene rings is 1. The molecule has 24 heavy (non-hydrogen) atoms. The van der Waals surface area contributed by atoms with E-state index in [0.717, 1.165) is 37.9 Å². The van der Waals surface area contributed by atoms with Crippen molar-refractivity contribution in [1.29, 1.82) is 0 Å². The second-order valence-electron chi connectivity index (χ2n) is 6.81. The predicted molar refractivity (Wildman–Crippen MR) is 96.9 cm³/mol. The fourth-order valence-corrected chi connectivity index (χ4v) is 3.63. The van der Waals surface area contributed by atoms with Gasteiger partial charge in [-0.3, -0.25) is 9.78 Å². The number of hydrogen-bond donors (Lipinski definition) is 1. The van der Waals surface area contributed by atoms with Gasteiger partial charge in [0, 0.05) is 18.2 Å². The fourth-order valence-electron chi connectivity index (χ4n) is 3.63. The van der Waals surface area contributed by atoms with Gasteiger partial charge in [-0.1, -0.05) is 56.2 Å². The Hall–Kier alpha value is -2.16. The number of rotatable bonds is 7. The first-order valence-corrected chi connectivity index (χ1v) is 8.99. The molecule has 1 aliphatic carbocycles. The topological polar surface area (TPSA) is 42.0 Å². The van der Waals surface area contributed by atoms with Gasteiger partial charge in [-0.2, -0.15) is 0 Å². The summed E-state index contributed by atoms with van der Waals surface area (Å²) in [5.74, 6) is -0.0399. The van der Waals surface area contributed by atoms with E-state index in [-0.39, 0.29) is 17.2 Å². The van der Waals surface area contributed by atoms with Crippen LogP contribution in [0, 0.1) is 0 Å². The standard InChI is InChI=1S/C21H26N2O/c1-2-9-18(19-12-6-7-15-22-19)20(24)23-16-21(13-8-14-21)17-10-4-3-5-11-17/h3-7,10-12,15,18H,2,8-9,13-14,16H2,1H3,(H,23,24)/t18-/m1/s1. The molecular weight excluding hydrogens is 296 g/mol. The van der Waals surface area contributed by atoms with Gasteiger partial charge < -0.3 is 5.32 Å². The number of carbonyl (C=O) groups excluding carboxylic acids is 1. The van der Waals surface area contributed by atoms with Crippen LogP contribution >= 0.6 is 0 Å². The van der Waals surface area contributed by atoms with Gasteiger partial charge >= 0.3 is 0 Å². The van der Waals surface area contributed by atoms with Crippen LogP contribution < -0.4 is 5.32 Å². The molecule has 1 N–H and O–H groups in total. The summed E-state index contributed by atoms with van der Waals surface area (Å²) in [6.07, 6.45) is 7.12. The molecule has 1 aliphatic rings. The maximum absolute atomic E-state index is 12.8. The van der Waals surface area contributed by atoms with Gasteiger partial charge in [-0.15, -0.1) is 0 Å². The SMILES string of the molecule is CCC[C@@H](C(=O)NCC1(c2ccccc2)CCC1)c1ccccn1. The highest BCUT2D eigenvalue weighted by molar-refractivity contribution is 5.83. The van der Waals surface area contributed by atoms with E-state index < -0.39 is 0 Å². The Kier molecular flexibility index (Phi) is 5.29. The van der Waals surface area contributed by atoms with Crippen molar-refractivity contribution >= 4 is 5.91 Å². The minimum absolute atomic E-state index is 0.109. The molecule has 0 unspecified atom stereocenters. The number of amides is 1. The average molecular weight is 322 g/mol. The Bertz CT molecular complexity index is 650. The maximum Gasteiger partial charge on any atom is 0.229 e. The zero-order valence-corrected chi connectivity index (χ0v) is 14.4. The molecule has 2 aromatic rings. The first kappa shape index (κ1) is 16.7. The largest absolute Gasteiger partial charge is 0.355 e. The fraction of sp³-hybridized carbons (Fsp3) is 0.429. The van der Waals surface area contributed by atoms with E-state index in [1.54, 1.807) is 6.20 Å². The van der Waals surface area contributed by atoms with E-state index in [0.29, 0.717) is 0 Å². The smallest absolute Gasteiger partial charge is 0.229 e. The molecule has 1 aromatic heterocycles. The molecule has 1 aromatic carbocycles. The van der Waals surface area contributed by atoms with Gasteiger partial charge in [0.25, 0.3) is 0 Å². The van der Waals surface area contributed by atoms with Crippen LogP contribution in [0.5, 0.6) is 0 Å². The van der Waals surface area contributed by atoms with Crippen LogP contribution in [0.3, 0.4) is 0 Å². The molecule has 0 spiro atoms. The van der Waals surface area contributed by atoms with Crippen LogP contribution in [0.15, 0.2) is 54.7 Å². The van der Waals surface area contributed by atoms with E-state index >= 15 is 0 Å². The molecule has 126 valence electrons. The summed E-state index contributed by atoms with van der Waals surface area (Å²) in [4.78, 5) is 17.2. The summed E-state index contributed by atoms with van der Waals surface area (Å²) in [6, 6.07) is 16.4. The normalized spacial score (nSPS) is 16.9. The molecule has 0 bridgehead atoms. The van der Waals surface area contributed by atoms with Crippen LogP contribution in [-0.4, -0.2) is 17.4 Å². The van der Waals surface area contributed by atoms with Gasteiger partial charge in [0.15, 0.2) is 0 Å². The zero-order valence-electron chi connectivity index (χ0n) is 14.4. The number of carbonyl (C=O) groups is 1. The highest BCUT2D eigenvalue weighted by atomic mass is 16.1. The van der Waals surface area contributed by atoms with Crippen molar-refractivity contribution in [3.63, 3.8) is 0 Å². The van der Waals surface area contributed by atoms with Crippen LogP contribution in [0.4, 0.5) is 0 Å². The highest BCUT2D eigenvalue weighted by Crippen LogP contribution is 2.43. The molecule has 3 nitrogen and oxygen atoms in total. The number of hydrogen-bond acceptors (Lipinski definition) is 2. The van der Waals surface area contributed by atoms with Crippen molar-refractivity contribution in [2.24, 2.45) is 0 Å². The van der Waals surface area contributed by atoms with Crippen LogP contribution in [0.1, 0.15) is 56.2 Å². The summed E-state index contributed by atoms with van der Waals surface area (Å²) in [5.41, 5.74) is 2.35. The third-order valence-electron chi connectivity index (χ3n) is 5.24. The number of nitrogens with zero attached hydrogens (tertiary/aromatic N) is 1. The van der Waals surface area contributed by atoms with Crippen molar-refractivity contribution in [2.75, 3.05) is 6.54 Å². The van der Waals surface area contributed by atoms with E-state index in [1.807, 2.05) is 24.3 Å². The van der Waals surface area contributed by atoms with Crippen molar-refractivity contribution in [3.05, 3.63) is 66.0 Å². The summed E-state index contributed by atoms with van der Waals surface area (Å²) in [5, 5.41) is 3.23. The van der Waals surface area contributed by atoms with Crippen LogP contribution in [-0.2, 0) is 10.2 Å². The lowest BCUT2D eigenvalue weighted by Crippen LogP contribution is -2.46. The lowest BCUT2D eigenvalue weighted by Gasteiger charge is -2.43. The second-order valence-corrected chi connectivity index (χ2v) is 6.81. The molecule has 3 rings (SSSR count). The molecule has 1 heterocycles. The minimum Gasteiger partial charge on any atom is -0.355 e. The van der Waals surface area contributed by atoms with E-state index in [2.05, 4.69) is 41.5 Å². The average Bonchev–Trinajstić information content (AvgIpc) is 2.60. The van der Waals surface area contributed by atoms with Gasteiger partial charge in [0.2, 0.25) is 5.91 Å². The molecule has 0 saturated heterocycles. The van der Waals surface area contributed by atoms with Crippen molar-refractivity contribution in [1.82, 2.24) is 10.3 Å². The van der Waals surface area contributed by atoms with Crippen LogP contribution in [0.25, 0.3) is 0 Å². The number of aromatic nitrogens is 1. The summed E-state index contributed by atoms with van der Waals surface area (Å²) in [6.45, 7) is 2.84. The zero-order chi connectivity index (χ0) is 16.8. The molecule has 3 heteroatoms. The Morgan fingerprint density at radius 2 is 1.92 bits per heavy atom. The second kappa shape index (κ2) is 7.61. The highest BCUT2D eigenvalue weighted by Gasteiger charge is 2.39. The Morgan fingerprint density at radius 3 is 2.50 bits per heavy atom. The molecule has 1 fully saturated rings. The predicted octanol–water partition coefficient (Wildman–Crippen LogP) is 4.20. The van der Waals surface area contributed by atoms with E-state index in [9.17, 15) is 4.79 Å². The molecule has 0 radical (unpaired) electrons. The van der Waals surface area contributed by atoms with Gasteiger partial charge in [-0.05, 0) is 37.0 Å². The van der Waals surface area contributed by atoms with Gasteiger partial charge in [-0.25, -0.2) is 0 Å². The first-order chi connectivity index (χ1) is 11.7. The van der Waals surface area contributed by atoms with Crippen molar-refractivity contribution in [2.45, 2.75) is 50.4 Å². The molecule has 1 amide bonds. The lowest BCUT2D eigenvalue weighted by atomic mass is 9.64. The molecule has 1 saturated carbocycles. The third kappa shape index (κ3) is 3.50. The number of pyridine rings is 1. The van der Waals surface area contributed by atoms with E-state index in [4.69, 9.17) is 0 Å². The third-order valence-corrected chi connectivity index (χ3v) is 5.24. The Morgan fingerprint density at radius 1 is 1.17 bits per heavy atom. The Labute approximate surface area is 144 Å². The molecule has 0 aliphatic heterocycles. The van der Waals surface area contributed by atoms with Gasteiger partial charge in [0.05, 0.1) is 11.6 Å². The molecule has 1 atom stereocenters. The monoisotopic (exact) mass is 322 g/mol. The van der Waals surface area contributed by atoms with Crippen LogP contribution in [0.2, 0.25) is 0 Å². The number of nitrogens with one attached hydrogen (secondary N) is 1. The van der Waals surface area contributed by atoms with E-state index in [1.165, 1.54) is 12.0 Å².